The molecule has 1 amide bonds. The maximum Gasteiger partial charge on any atom is 0.245 e. The van der Waals surface area contributed by atoms with Gasteiger partial charge in [-0.1, -0.05) is 32.4 Å². The molecule has 0 N–H and O–H groups in total. The van der Waals surface area contributed by atoms with Crippen LogP contribution in [0.2, 0.25) is 0 Å². The number of carbonyl (C=O) groups excluding carboxylic acids is 1. The number of hydrogen-bond donors (Lipinski definition) is 0. The molecule has 2 atom stereocenters. The van der Waals surface area contributed by atoms with Gasteiger partial charge in [-0.15, -0.1) is 0 Å². The normalized spacial score (nSPS) is 25.4. The van der Waals surface area contributed by atoms with Crippen LogP contribution in [-0.2, 0) is 31.4 Å². The molecule has 4 rings (SSSR count). The summed E-state index contributed by atoms with van der Waals surface area (Å²) in [7, 11) is -7.74. The molecule has 176 valence electrons. The Morgan fingerprint density at radius 1 is 1.00 bits per heavy atom. The molecule has 2 fully saturated rings. The Hall–Kier alpha value is -1.75. The van der Waals surface area contributed by atoms with Crippen molar-refractivity contribution in [2.24, 2.45) is 11.8 Å². The number of carbonyl (C=O) groups is 1. The van der Waals surface area contributed by atoms with Crippen LogP contribution in [0.25, 0.3) is 0 Å². The third-order valence-corrected chi connectivity index (χ3v) is 9.50. The molecular formula is C22H31N3O5S2. The zero-order chi connectivity index (χ0) is 23.3. The fourth-order valence-electron chi connectivity index (χ4n) is 5.06. The fraction of sp³-hybridized carbons (Fsp3) is 0.591. The standard InChI is InChI=1S/C22H31N3O5S2/c1-16(2)20-21-19(25(22(20)26)31(3,27)28)11-14-24(21)32(29,30)18-9-7-17(8-10-18)15-23-12-5-4-6-13-23/h7-11,16,20-21H,4-6,12-15H2,1-3H3/t20-,21+/m1/s1. The van der Waals surface area contributed by atoms with Gasteiger partial charge in [0.1, 0.15) is 0 Å². The van der Waals surface area contributed by atoms with Gasteiger partial charge in [-0.3, -0.25) is 9.69 Å². The fourth-order valence-corrected chi connectivity index (χ4v) is 7.63. The number of benzene rings is 1. The van der Waals surface area contributed by atoms with E-state index in [2.05, 4.69) is 4.90 Å². The second-order valence-electron chi connectivity index (χ2n) is 9.26. The molecule has 0 bridgehead atoms. The first-order valence-corrected chi connectivity index (χ1v) is 14.4. The highest BCUT2D eigenvalue weighted by atomic mass is 32.2. The van der Waals surface area contributed by atoms with E-state index in [-0.39, 0.29) is 23.1 Å². The van der Waals surface area contributed by atoms with Crippen molar-refractivity contribution in [1.29, 1.82) is 0 Å². The van der Waals surface area contributed by atoms with E-state index in [1.54, 1.807) is 18.2 Å². The average molecular weight is 482 g/mol. The molecule has 1 aromatic rings. The molecular weight excluding hydrogens is 450 g/mol. The number of hydrogen-bond acceptors (Lipinski definition) is 6. The van der Waals surface area contributed by atoms with Crippen molar-refractivity contribution in [2.75, 3.05) is 25.9 Å². The number of sulfonamides is 2. The van der Waals surface area contributed by atoms with Crippen LogP contribution in [0, 0.1) is 11.8 Å². The molecule has 0 radical (unpaired) electrons. The van der Waals surface area contributed by atoms with Gasteiger partial charge in [-0.2, -0.15) is 4.31 Å². The smallest absolute Gasteiger partial charge is 0.245 e. The SMILES string of the molecule is CC(C)[C@H]1C(=O)N(S(C)(=O)=O)C2=CCN(S(=O)(=O)c3ccc(CN4CCCCC4)cc3)[C@@H]21. The van der Waals surface area contributed by atoms with E-state index in [4.69, 9.17) is 0 Å². The molecule has 0 spiro atoms. The van der Waals surface area contributed by atoms with Crippen LogP contribution in [0.15, 0.2) is 40.9 Å². The van der Waals surface area contributed by atoms with Crippen LogP contribution in [0.1, 0.15) is 38.7 Å². The van der Waals surface area contributed by atoms with E-state index in [9.17, 15) is 21.6 Å². The topological polar surface area (TPSA) is 95.1 Å². The summed E-state index contributed by atoms with van der Waals surface area (Å²) in [4.78, 5) is 15.5. The number of piperidine rings is 1. The van der Waals surface area contributed by atoms with E-state index >= 15 is 0 Å². The minimum atomic E-state index is -3.91. The molecule has 32 heavy (non-hydrogen) atoms. The number of fused-ring (bicyclic) bond motifs is 1. The number of rotatable bonds is 6. The molecule has 3 heterocycles. The molecule has 3 aliphatic heterocycles. The van der Waals surface area contributed by atoms with E-state index < -0.39 is 37.9 Å². The van der Waals surface area contributed by atoms with Crippen LogP contribution in [-0.4, -0.2) is 68.2 Å². The lowest BCUT2D eigenvalue weighted by Crippen LogP contribution is -2.42. The highest BCUT2D eigenvalue weighted by Gasteiger charge is 2.56. The van der Waals surface area contributed by atoms with Crippen molar-refractivity contribution in [3.05, 3.63) is 41.6 Å². The average Bonchev–Trinajstić information content (AvgIpc) is 3.25. The van der Waals surface area contributed by atoms with Crippen LogP contribution in [0.4, 0.5) is 0 Å². The number of likely N-dealkylation sites (tertiary alicyclic amines) is 1. The predicted octanol–water partition coefficient (Wildman–Crippen LogP) is 2.00. The lowest BCUT2D eigenvalue weighted by atomic mass is 9.90. The van der Waals surface area contributed by atoms with Gasteiger partial charge in [0, 0.05) is 13.1 Å². The molecule has 10 heteroatoms. The molecule has 0 saturated carbocycles. The van der Waals surface area contributed by atoms with Gasteiger partial charge < -0.3 is 0 Å². The Kier molecular flexibility index (Phi) is 6.26. The second kappa shape index (κ2) is 8.55. The van der Waals surface area contributed by atoms with Crippen LogP contribution < -0.4 is 0 Å². The molecule has 2 saturated heterocycles. The minimum absolute atomic E-state index is 0.0420. The molecule has 1 aromatic carbocycles. The van der Waals surface area contributed by atoms with Gasteiger partial charge in [-0.05, 0) is 55.6 Å². The number of amides is 1. The van der Waals surface area contributed by atoms with Gasteiger partial charge >= 0.3 is 0 Å². The molecule has 3 aliphatic rings. The zero-order valence-corrected chi connectivity index (χ0v) is 20.4. The Morgan fingerprint density at radius 2 is 1.62 bits per heavy atom. The third-order valence-electron chi connectivity index (χ3n) is 6.59. The summed E-state index contributed by atoms with van der Waals surface area (Å²) in [6.07, 6.45) is 6.17. The minimum Gasteiger partial charge on any atom is -0.299 e. The van der Waals surface area contributed by atoms with E-state index in [1.807, 2.05) is 26.0 Å². The molecule has 8 nitrogen and oxygen atoms in total. The van der Waals surface area contributed by atoms with E-state index in [1.165, 1.54) is 23.6 Å². The Labute approximate surface area is 191 Å². The first-order valence-electron chi connectivity index (χ1n) is 11.1. The van der Waals surface area contributed by atoms with E-state index in [0.717, 1.165) is 35.8 Å². The van der Waals surface area contributed by atoms with Gasteiger partial charge in [0.25, 0.3) is 0 Å². The monoisotopic (exact) mass is 481 g/mol. The first kappa shape index (κ1) is 23.4. The zero-order valence-electron chi connectivity index (χ0n) is 18.8. The van der Waals surface area contributed by atoms with Gasteiger partial charge in [0.05, 0.1) is 28.8 Å². The van der Waals surface area contributed by atoms with Crippen LogP contribution in [0.3, 0.4) is 0 Å². The summed E-state index contributed by atoms with van der Waals surface area (Å²) < 4.78 is 53.6. The highest BCUT2D eigenvalue weighted by molar-refractivity contribution is 7.89. The van der Waals surface area contributed by atoms with Crippen LogP contribution >= 0.6 is 0 Å². The van der Waals surface area contributed by atoms with Gasteiger partial charge in [-0.25, -0.2) is 21.1 Å². The summed E-state index contributed by atoms with van der Waals surface area (Å²) in [6.45, 7) is 6.58. The summed E-state index contributed by atoms with van der Waals surface area (Å²) in [5.41, 5.74) is 1.31. The summed E-state index contributed by atoms with van der Waals surface area (Å²) in [5, 5.41) is 0. The lowest BCUT2D eigenvalue weighted by Gasteiger charge is -2.28. The Balaban J connectivity index is 1.60. The third kappa shape index (κ3) is 4.13. The van der Waals surface area contributed by atoms with Crippen molar-refractivity contribution < 1.29 is 21.6 Å². The Morgan fingerprint density at radius 3 is 2.19 bits per heavy atom. The second-order valence-corrected chi connectivity index (χ2v) is 13.0. The maximum atomic E-state index is 13.5. The van der Waals surface area contributed by atoms with Crippen molar-refractivity contribution >= 4 is 26.0 Å². The summed E-state index contributed by atoms with van der Waals surface area (Å²) >= 11 is 0. The van der Waals surface area contributed by atoms with Gasteiger partial charge in [0.15, 0.2) is 0 Å². The quantitative estimate of drug-likeness (QED) is 0.617. The Bertz CT molecular complexity index is 1120. The summed E-state index contributed by atoms with van der Waals surface area (Å²) in [5.74, 6) is -1.52. The largest absolute Gasteiger partial charge is 0.299 e. The van der Waals surface area contributed by atoms with Gasteiger partial charge in [0.2, 0.25) is 26.0 Å². The number of nitrogens with zero attached hydrogens (tertiary/aromatic N) is 3. The molecule has 0 aliphatic carbocycles. The first-order chi connectivity index (χ1) is 15.0. The van der Waals surface area contributed by atoms with Crippen molar-refractivity contribution in [1.82, 2.24) is 13.5 Å². The lowest BCUT2D eigenvalue weighted by molar-refractivity contribution is -0.128. The van der Waals surface area contributed by atoms with Crippen LogP contribution in [0.5, 0.6) is 0 Å². The molecule has 0 unspecified atom stereocenters. The van der Waals surface area contributed by atoms with Crippen molar-refractivity contribution in [3.63, 3.8) is 0 Å². The van der Waals surface area contributed by atoms with Crippen molar-refractivity contribution in [3.8, 4) is 0 Å². The maximum absolute atomic E-state index is 13.5. The van der Waals surface area contributed by atoms with Crippen molar-refractivity contribution in [2.45, 2.75) is 50.6 Å². The summed E-state index contributed by atoms with van der Waals surface area (Å²) in [6, 6.07) is 6.10. The predicted molar refractivity (Wildman–Crippen MR) is 121 cm³/mol. The highest BCUT2D eigenvalue weighted by Crippen LogP contribution is 2.43. The molecule has 0 aromatic heterocycles. The van der Waals surface area contributed by atoms with E-state index in [0.29, 0.717) is 0 Å².